The third-order valence-corrected chi connectivity index (χ3v) is 5.54. The predicted molar refractivity (Wildman–Crippen MR) is 95.0 cm³/mol. The summed E-state index contributed by atoms with van der Waals surface area (Å²) in [5.41, 5.74) is 2.12. The molecule has 1 saturated heterocycles. The second-order valence-electron chi connectivity index (χ2n) is 6.79. The second kappa shape index (κ2) is 6.27. The molecule has 124 valence electrons. The van der Waals surface area contributed by atoms with Crippen LogP contribution in [0, 0.1) is 0 Å². The Balaban J connectivity index is 1.46. The third-order valence-electron chi connectivity index (χ3n) is 5.54. The first kappa shape index (κ1) is 15.2. The number of aromatic nitrogens is 1. The number of amides is 1. The van der Waals surface area contributed by atoms with E-state index in [1.807, 2.05) is 42.7 Å². The molecule has 2 heterocycles. The minimum absolute atomic E-state index is 0.264. The molecule has 2 aliphatic rings. The average Bonchev–Trinajstić information content (AvgIpc) is 2.62. The van der Waals surface area contributed by atoms with E-state index >= 15 is 0 Å². The van der Waals surface area contributed by atoms with E-state index in [-0.39, 0.29) is 5.41 Å². The van der Waals surface area contributed by atoms with Crippen molar-refractivity contribution >= 4 is 11.6 Å². The Morgan fingerprint density at radius 3 is 2.17 bits per heavy atom. The van der Waals surface area contributed by atoms with Crippen molar-refractivity contribution in [1.29, 1.82) is 0 Å². The van der Waals surface area contributed by atoms with E-state index < -0.39 is 0 Å². The van der Waals surface area contributed by atoms with Crippen LogP contribution in [-0.4, -0.2) is 42.0 Å². The van der Waals surface area contributed by atoms with E-state index in [4.69, 9.17) is 0 Å². The lowest BCUT2D eigenvalue weighted by molar-refractivity contribution is -0.141. The Kier molecular flexibility index (Phi) is 3.97. The average molecular weight is 321 g/mol. The number of benzene rings is 1. The number of carbonyl (C=O) groups excluding carboxylic acids is 1. The molecule has 4 nitrogen and oxygen atoms in total. The van der Waals surface area contributed by atoms with Crippen molar-refractivity contribution < 1.29 is 4.79 Å². The number of carbonyl (C=O) groups is 1. The highest BCUT2D eigenvalue weighted by atomic mass is 16.2. The summed E-state index contributed by atoms with van der Waals surface area (Å²) in [7, 11) is 0. The Bertz CT molecular complexity index is 689. The minimum Gasteiger partial charge on any atom is -0.368 e. The van der Waals surface area contributed by atoms with Gasteiger partial charge in [0, 0.05) is 44.3 Å². The van der Waals surface area contributed by atoms with E-state index in [1.165, 1.54) is 11.3 Å². The van der Waals surface area contributed by atoms with Gasteiger partial charge in [-0.2, -0.15) is 0 Å². The van der Waals surface area contributed by atoms with Crippen LogP contribution < -0.4 is 4.90 Å². The van der Waals surface area contributed by atoms with Crippen LogP contribution in [0.2, 0.25) is 0 Å². The molecule has 1 saturated carbocycles. The predicted octanol–water partition coefficient (Wildman–Crippen LogP) is 2.85. The molecular formula is C20H23N3O. The van der Waals surface area contributed by atoms with Crippen LogP contribution in [0.3, 0.4) is 0 Å². The number of anilines is 1. The highest BCUT2D eigenvalue weighted by molar-refractivity contribution is 5.89. The van der Waals surface area contributed by atoms with Crippen LogP contribution in [-0.2, 0) is 10.2 Å². The van der Waals surface area contributed by atoms with Gasteiger partial charge < -0.3 is 9.80 Å². The van der Waals surface area contributed by atoms with Gasteiger partial charge in [0.2, 0.25) is 5.91 Å². The summed E-state index contributed by atoms with van der Waals surface area (Å²) in [6.07, 6.45) is 6.77. The summed E-state index contributed by atoms with van der Waals surface area (Å²) in [4.78, 5) is 21.7. The molecule has 0 N–H and O–H groups in total. The smallest absolute Gasteiger partial charge is 0.233 e. The lowest BCUT2D eigenvalue weighted by Gasteiger charge is -2.46. The highest BCUT2D eigenvalue weighted by Gasteiger charge is 2.47. The van der Waals surface area contributed by atoms with Crippen molar-refractivity contribution in [3.8, 4) is 0 Å². The van der Waals surface area contributed by atoms with Gasteiger partial charge >= 0.3 is 0 Å². The molecule has 0 radical (unpaired) electrons. The topological polar surface area (TPSA) is 36.4 Å². The van der Waals surface area contributed by atoms with Crippen LogP contribution in [0.1, 0.15) is 24.8 Å². The maximum Gasteiger partial charge on any atom is 0.233 e. The van der Waals surface area contributed by atoms with Crippen molar-refractivity contribution in [2.24, 2.45) is 0 Å². The van der Waals surface area contributed by atoms with E-state index in [1.54, 1.807) is 0 Å². The van der Waals surface area contributed by atoms with Crippen molar-refractivity contribution in [3.05, 3.63) is 60.4 Å². The van der Waals surface area contributed by atoms with Crippen LogP contribution in [0.25, 0.3) is 0 Å². The molecular weight excluding hydrogens is 298 g/mol. The molecule has 2 fully saturated rings. The lowest BCUT2D eigenvalue weighted by atomic mass is 9.63. The molecule has 24 heavy (non-hydrogen) atoms. The highest BCUT2D eigenvalue weighted by Crippen LogP contribution is 2.45. The number of piperazine rings is 1. The number of nitrogens with zero attached hydrogens (tertiary/aromatic N) is 3. The molecule has 0 bridgehead atoms. The number of pyridine rings is 1. The maximum absolute atomic E-state index is 13.2. The van der Waals surface area contributed by atoms with Gasteiger partial charge in [0.05, 0.1) is 5.41 Å². The van der Waals surface area contributed by atoms with E-state index in [2.05, 4.69) is 26.9 Å². The molecule has 4 rings (SSSR count). The van der Waals surface area contributed by atoms with Crippen molar-refractivity contribution in [2.75, 3.05) is 31.1 Å². The first-order valence-electron chi connectivity index (χ1n) is 8.79. The van der Waals surface area contributed by atoms with Crippen LogP contribution in [0.4, 0.5) is 5.69 Å². The zero-order valence-corrected chi connectivity index (χ0v) is 13.9. The van der Waals surface area contributed by atoms with Crippen molar-refractivity contribution in [2.45, 2.75) is 24.7 Å². The van der Waals surface area contributed by atoms with Crippen molar-refractivity contribution in [3.63, 3.8) is 0 Å². The Morgan fingerprint density at radius 1 is 0.917 bits per heavy atom. The summed E-state index contributed by atoms with van der Waals surface area (Å²) in [6, 6.07) is 14.4. The van der Waals surface area contributed by atoms with Gasteiger partial charge in [-0.1, -0.05) is 36.8 Å². The summed E-state index contributed by atoms with van der Waals surface area (Å²) in [5.74, 6) is 0.328. The Morgan fingerprint density at radius 2 is 1.58 bits per heavy atom. The fourth-order valence-electron chi connectivity index (χ4n) is 3.94. The Labute approximate surface area is 143 Å². The molecule has 1 amide bonds. The van der Waals surface area contributed by atoms with Crippen LogP contribution in [0.5, 0.6) is 0 Å². The molecule has 2 aromatic rings. The normalized spacial score (nSPS) is 19.7. The molecule has 4 heteroatoms. The van der Waals surface area contributed by atoms with Gasteiger partial charge in [0.25, 0.3) is 0 Å². The van der Waals surface area contributed by atoms with Gasteiger partial charge in [0.15, 0.2) is 0 Å². The minimum atomic E-state index is -0.264. The van der Waals surface area contributed by atoms with Gasteiger partial charge in [-0.25, -0.2) is 0 Å². The van der Waals surface area contributed by atoms with E-state index in [0.717, 1.165) is 45.4 Å². The molecule has 1 aromatic carbocycles. The molecule has 0 unspecified atom stereocenters. The molecule has 1 aromatic heterocycles. The van der Waals surface area contributed by atoms with Gasteiger partial charge in [-0.3, -0.25) is 9.78 Å². The van der Waals surface area contributed by atoms with Crippen LogP contribution in [0.15, 0.2) is 54.9 Å². The summed E-state index contributed by atoms with van der Waals surface area (Å²) in [6.45, 7) is 3.38. The van der Waals surface area contributed by atoms with Gasteiger partial charge in [-0.15, -0.1) is 0 Å². The number of rotatable bonds is 3. The maximum atomic E-state index is 13.2. The molecule has 0 atom stereocenters. The summed E-state index contributed by atoms with van der Waals surface area (Å²) in [5, 5.41) is 0. The van der Waals surface area contributed by atoms with E-state index in [0.29, 0.717) is 5.91 Å². The third kappa shape index (κ3) is 2.56. The Hall–Kier alpha value is -2.36. The SMILES string of the molecule is O=C(N1CCN(c2ccncc2)CC1)C1(c2ccccc2)CCC1. The lowest BCUT2D eigenvalue weighted by Crippen LogP contribution is -2.56. The summed E-state index contributed by atoms with van der Waals surface area (Å²) < 4.78 is 0. The monoisotopic (exact) mass is 321 g/mol. The van der Waals surface area contributed by atoms with E-state index in [9.17, 15) is 4.79 Å². The summed E-state index contributed by atoms with van der Waals surface area (Å²) >= 11 is 0. The van der Waals surface area contributed by atoms with Gasteiger partial charge in [0.1, 0.15) is 0 Å². The number of hydrogen-bond donors (Lipinski definition) is 0. The van der Waals surface area contributed by atoms with Gasteiger partial charge in [-0.05, 0) is 30.5 Å². The van der Waals surface area contributed by atoms with Crippen LogP contribution >= 0.6 is 0 Å². The quantitative estimate of drug-likeness (QED) is 0.872. The zero-order chi connectivity index (χ0) is 16.4. The fourth-order valence-corrected chi connectivity index (χ4v) is 3.94. The second-order valence-corrected chi connectivity index (χ2v) is 6.79. The van der Waals surface area contributed by atoms with Crippen molar-refractivity contribution in [1.82, 2.24) is 9.88 Å². The zero-order valence-electron chi connectivity index (χ0n) is 13.9. The fraction of sp³-hybridized carbons (Fsp3) is 0.400. The largest absolute Gasteiger partial charge is 0.368 e. The number of hydrogen-bond acceptors (Lipinski definition) is 3. The first-order chi connectivity index (χ1) is 11.8. The molecule has 1 aliphatic carbocycles. The molecule has 0 spiro atoms. The molecule has 1 aliphatic heterocycles. The first-order valence-corrected chi connectivity index (χ1v) is 8.79. The standard InChI is InChI=1S/C20H23N3O/c24-19(20(9-4-10-20)17-5-2-1-3-6-17)23-15-13-22(14-16-23)18-7-11-21-12-8-18/h1-3,5-8,11-12H,4,9-10,13-16H2.